The van der Waals surface area contributed by atoms with E-state index in [1.807, 2.05) is 6.92 Å². The van der Waals surface area contributed by atoms with Crippen molar-refractivity contribution in [3.05, 3.63) is 23.5 Å². The molecule has 20 heavy (non-hydrogen) atoms. The average Bonchev–Trinajstić information content (AvgIpc) is 2.47. The monoisotopic (exact) mass is 283 g/mol. The second kappa shape index (κ2) is 8.10. The number of hydrogen-bond donors (Lipinski definition) is 1. The Balaban J connectivity index is 3.25. The third-order valence-corrected chi connectivity index (χ3v) is 3.78. The first-order valence-corrected chi connectivity index (χ1v) is 7.27. The van der Waals surface area contributed by atoms with Crippen molar-refractivity contribution in [3.8, 4) is 11.5 Å². The Labute approximate surface area is 121 Å². The number of nitrogens with one attached hydrogen (secondary N) is 1. The summed E-state index contributed by atoms with van der Waals surface area (Å²) in [7, 11) is 3.08. The lowest BCUT2D eigenvalue weighted by molar-refractivity contribution is 0.327. The summed E-state index contributed by atoms with van der Waals surface area (Å²) >= 11 is 0. The summed E-state index contributed by atoms with van der Waals surface area (Å²) in [5, 5.41) is 3.39. The van der Waals surface area contributed by atoms with Gasteiger partial charge in [-0.05, 0) is 18.5 Å². The molecule has 0 bridgehead atoms. The molecule has 0 amide bonds. The first kappa shape index (κ1) is 16.8. The Kier molecular flexibility index (Phi) is 6.79. The maximum atomic E-state index is 14.4. The van der Waals surface area contributed by atoms with Gasteiger partial charge in [0.25, 0.3) is 0 Å². The molecule has 0 spiro atoms. The molecule has 1 aromatic carbocycles. The third-order valence-electron chi connectivity index (χ3n) is 3.78. The molecule has 1 N–H and O–H groups in total. The van der Waals surface area contributed by atoms with Gasteiger partial charge in [-0.3, -0.25) is 0 Å². The average molecular weight is 283 g/mol. The zero-order valence-corrected chi connectivity index (χ0v) is 13.1. The summed E-state index contributed by atoms with van der Waals surface area (Å²) in [6.45, 7) is 7.11. The van der Waals surface area contributed by atoms with Crippen LogP contribution < -0.4 is 14.8 Å². The van der Waals surface area contributed by atoms with Crippen LogP contribution in [0.2, 0.25) is 0 Å². The number of methoxy groups -OCH3 is 2. The molecule has 0 aliphatic carbocycles. The Morgan fingerprint density at radius 2 is 1.60 bits per heavy atom. The molecule has 1 unspecified atom stereocenters. The van der Waals surface area contributed by atoms with Crippen molar-refractivity contribution in [3.63, 3.8) is 0 Å². The van der Waals surface area contributed by atoms with Gasteiger partial charge in [0, 0.05) is 17.7 Å². The summed E-state index contributed by atoms with van der Waals surface area (Å²) in [6.07, 6.45) is 2.00. The molecule has 114 valence electrons. The molecule has 0 saturated carbocycles. The topological polar surface area (TPSA) is 30.5 Å². The van der Waals surface area contributed by atoms with E-state index in [1.165, 1.54) is 13.2 Å². The number of hydrogen-bond acceptors (Lipinski definition) is 3. The van der Waals surface area contributed by atoms with E-state index in [0.29, 0.717) is 23.0 Å². The van der Waals surface area contributed by atoms with Gasteiger partial charge in [-0.25, -0.2) is 4.39 Å². The molecule has 3 nitrogen and oxygen atoms in total. The van der Waals surface area contributed by atoms with E-state index in [4.69, 9.17) is 9.47 Å². The molecule has 0 aromatic heterocycles. The van der Waals surface area contributed by atoms with Crippen LogP contribution in [-0.4, -0.2) is 20.8 Å². The summed E-state index contributed by atoms with van der Waals surface area (Å²) in [6, 6.07) is 3.15. The van der Waals surface area contributed by atoms with E-state index in [1.54, 1.807) is 13.2 Å². The van der Waals surface area contributed by atoms with Gasteiger partial charge in [0.1, 0.15) is 5.82 Å². The normalized spacial score (nSPS) is 12.6. The molecule has 4 heteroatoms. The summed E-state index contributed by atoms with van der Waals surface area (Å²) in [5.74, 6) is 1.13. The van der Waals surface area contributed by atoms with E-state index in [2.05, 4.69) is 19.2 Å². The minimum absolute atomic E-state index is 0.00481. The van der Waals surface area contributed by atoms with Crippen molar-refractivity contribution in [2.24, 2.45) is 5.92 Å². The van der Waals surface area contributed by atoms with E-state index in [-0.39, 0.29) is 11.9 Å². The van der Waals surface area contributed by atoms with Crippen LogP contribution in [0.5, 0.6) is 11.5 Å². The highest BCUT2D eigenvalue weighted by molar-refractivity contribution is 5.44. The Morgan fingerprint density at radius 3 is 2.05 bits per heavy atom. The Hall–Kier alpha value is -1.29. The molecule has 0 fully saturated rings. The van der Waals surface area contributed by atoms with Gasteiger partial charge in [0.05, 0.1) is 14.2 Å². The zero-order chi connectivity index (χ0) is 15.1. The van der Waals surface area contributed by atoms with Gasteiger partial charge >= 0.3 is 0 Å². The SMILES string of the molecule is CCNC(c1cc(OC)c(OC)cc1F)C(CC)CC. The lowest BCUT2D eigenvalue weighted by atomic mass is 9.88. The van der Waals surface area contributed by atoms with Crippen LogP contribution in [0.4, 0.5) is 4.39 Å². The van der Waals surface area contributed by atoms with Gasteiger partial charge in [-0.1, -0.05) is 33.6 Å². The van der Waals surface area contributed by atoms with Gasteiger partial charge < -0.3 is 14.8 Å². The minimum Gasteiger partial charge on any atom is -0.493 e. The quantitative estimate of drug-likeness (QED) is 0.784. The Morgan fingerprint density at radius 1 is 1.05 bits per heavy atom. The standard InChI is InChI=1S/C16H26FNO2/c1-6-11(7-2)16(18-8-3)12-9-14(19-4)15(20-5)10-13(12)17/h9-11,16,18H,6-8H2,1-5H3. The van der Waals surface area contributed by atoms with E-state index in [9.17, 15) is 4.39 Å². The number of rotatable bonds is 8. The second-order valence-corrected chi connectivity index (χ2v) is 4.84. The predicted molar refractivity (Wildman–Crippen MR) is 80.0 cm³/mol. The first-order chi connectivity index (χ1) is 9.62. The van der Waals surface area contributed by atoms with Crippen molar-refractivity contribution in [2.45, 2.75) is 39.7 Å². The van der Waals surface area contributed by atoms with Gasteiger partial charge in [-0.15, -0.1) is 0 Å². The van der Waals surface area contributed by atoms with Crippen LogP contribution in [0.15, 0.2) is 12.1 Å². The molecule has 0 radical (unpaired) electrons. The van der Waals surface area contributed by atoms with Crippen LogP contribution in [0, 0.1) is 11.7 Å². The van der Waals surface area contributed by atoms with Gasteiger partial charge in [0.2, 0.25) is 0 Å². The van der Waals surface area contributed by atoms with Crippen LogP contribution >= 0.6 is 0 Å². The van der Waals surface area contributed by atoms with Gasteiger partial charge in [0.15, 0.2) is 11.5 Å². The zero-order valence-electron chi connectivity index (χ0n) is 13.1. The van der Waals surface area contributed by atoms with E-state index >= 15 is 0 Å². The van der Waals surface area contributed by atoms with E-state index < -0.39 is 0 Å². The van der Waals surface area contributed by atoms with Crippen molar-refractivity contribution in [2.75, 3.05) is 20.8 Å². The number of halogens is 1. The smallest absolute Gasteiger partial charge is 0.163 e. The summed E-state index contributed by atoms with van der Waals surface area (Å²) < 4.78 is 24.8. The van der Waals surface area contributed by atoms with Crippen LogP contribution in [0.3, 0.4) is 0 Å². The fourth-order valence-electron chi connectivity index (χ4n) is 2.62. The lowest BCUT2D eigenvalue weighted by Gasteiger charge is -2.27. The second-order valence-electron chi connectivity index (χ2n) is 4.84. The predicted octanol–water partition coefficient (Wildman–Crippen LogP) is 3.93. The van der Waals surface area contributed by atoms with Crippen molar-refractivity contribution in [1.82, 2.24) is 5.32 Å². The highest BCUT2D eigenvalue weighted by atomic mass is 19.1. The maximum Gasteiger partial charge on any atom is 0.163 e. The van der Waals surface area contributed by atoms with E-state index in [0.717, 1.165) is 19.4 Å². The molecule has 0 aliphatic heterocycles. The Bertz CT molecular complexity index is 419. The fraction of sp³-hybridized carbons (Fsp3) is 0.625. The van der Waals surface area contributed by atoms with Crippen LogP contribution in [-0.2, 0) is 0 Å². The minimum atomic E-state index is -0.250. The highest BCUT2D eigenvalue weighted by Crippen LogP contribution is 2.36. The molecule has 1 aromatic rings. The first-order valence-electron chi connectivity index (χ1n) is 7.27. The molecule has 0 heterocycles. The largest absolute Gasteiger partial charge is 0.493 e. The molecule has 0 aliphatic rings. The molecular formula is C16H26FNO2. The van der Waals surface area contributed by atoms with Crippen molar-refractivity contribution >= 4 is 0 Å². The highest BCUT2D eigenvalue weighted by Gasteiger charge is 2.24. The molecule has 0 saturated heterocycles. The van der Waals surface area contributed by atoms with Crippen molar-refractivity contribution < 1.29 is 13.9 Å². The van der Waals surface area contributed by atoms with Crippen LogP contribution in [0.25, 0.3) is 0 Å². The van der Waals surface area contributed by atoms with Gasteiger partial charge in [-0.2, -0.15) is 0 Å². The number of ether oxygens (including phenoxy) is 2. The fourth-order valence-corrected chi connectivity index (χ4v) is 2.62. The summed E-state index contributed by atoms with van der Waals surface area (Å²) in [5.41, 5.74) is 0.651. The van der Waals surface area contributed by atoms with Crippen LogP contribution in [0.1, 0.15) is 45.2 Å². The number of benzene rings is 1. The summed E-state index contributed by atoms with van der Waals surface area (Å²) in [4.78, 5) is 0. The molecule has 1 rings (SSSR count). The van der Waals surface area contributed by atoms with Crippen molar-refractivity contribution in [1.29, 1.82) is 0 Å². The third kappa shape index (κ3) is 3.63. The molecular weight excluding hydrogens is 257 g/mol. The molecule has 1 atom stereocenters. The maximum absolute atomic E-state index is 14.4. The lowest BCUT2D eigenvalue weighted by Crippen LogP contribution is -2.28.